The van der Waals surface area contributed by atoms with Crippen molar-refractivity contribution in [1.82, 2.24) is 0 Å². The molecule has 1 amide bonds. The van der Waals surface area contributed by atoms with E-state index < -0.39 is 0 Å². The third kappa shape index (κ3) is 3.23. The van der Waals surface area contributed by atoms with E-state index in [2.05, 4.69) is 5.10 Å². The Morgan fingerprint density at radius 2 is 1.72 bits per heavy atom. The minimum atomic E-state index is -0.199. The van der Waals surface area contributed by atoms with Crippen LogP contribution in [0.5, 0.6) is 11.5 Å². The normalized spacial score (nSPS) is 15.5. The quantitative estimate of drug-likeness (QED) is 0.773. The van der Waals surface area contributed by atoms with Crippen LogP contribution < -0.4 is 14.5 Å². The first-order valence-corrected chi connectivity index (χ1v) is 8.01. The minimum Gasteiger partial charge on any atom is -0.493 e. The van der Waals surface area contributed by atoms with Gasteiger partial charge in [0, 0.05) is 6.07 Å². The zero-order valence-electron chi connectivity index (χ0n) is 14.1. The van der Waals surface area contributed by atoms with Gasteiger partial charge in [0.05, 0.1) is 36.2 Å². The summed E-state index contributed by atoms with van der Waals surface area (Å²) in [5.41, 5.74) is 2.48. The fourth-order valence-electron chi connectivity index (χ4n) is 2.56. The third-order valence-electron chi connectivity index (χ3n) is 3.87. The fourth-order valence-corrected chi connectivity index (χ4v) is 2.77. The number of carbonyl (C=O) groups is 1. The van der Waals surface area contributed by atoms with E-state index >= 15 is 0 Å². The summed E-state index contributed by atoms with van der Waals surface area (Å²) >= 11 is 6.32. The van der Waals surface area contributed by atoms with Gasteiger partial charge in [0.2, 0.25) is 0 Å². The fraction of sp³-hybridized carbons (Fsp3) is 0.158. The number of para-hydroxylation sites is 1. The predicted octanol–water partition coefficient (Wildman–Crippen LogP) is 4.16. The molecule has 0 atom stereocenters. The second-order valence-corrected chi connectivity index (χ2v) is 5.83. The second kappa shape index (κ2) is 6.99. The van der Waals surface area contributed by atoms with Crippen molar-refractivity contribution >= 4 is 35.0 Å². The minimum absolute atomic E-state index is 0.199. The number of hydrogen-bond acceptors (Lipinski definition) is 4. The topological polar surface area (TPSA) is 51.1 Å². The van der Waals surface area contributed by atoms with Crippen LogP contribution >= 0.6 is 11.6 Å². The molecule has 3 rings (SSSR count). The highest BCUT2D eigenvalue weighted by Gasteiger charge is 2.28. The van der Waals surface area contributed by atoms with E-state index in [-0.39, 0.29) is 5.91 Å². The first kappa shape index (κ1) is 17.0. The van der Waals surface area contributed by atoms with Gasteiger partial charge in [-0.3, -0.25) is 4.79 Å². The van der Waals surface area contributed by atoms with Gasteiger partial charge in [-0.05, 0) is 36.8 Å². The Morgan fingerprint density at radius 1 is 1.08 bits per heavy atom. The van der Waals surface area contributed by atoms with Crippen molar-refractivity contribution in [3.8, 4) is 11.5 Å². The summed E-state index contributed by atoms with van der Waals surface area (Å²) in [5, 5.41) is 6.20. The molecule has 0 saturated heterocycles. The summed E-state index contributed by atoms with van der Waals surface area (Å²) in [5.74, 6) is 0.872. The zero-order valence-corrected chi connectivity index (χ0v) is 14.9. The number of amides is 1. The number of nitrogens with zero attached hydrogens (tertiary/aromatic N) is 2. The van der Waals surface area contributed by atoms with Crippen molar-refractivity contribution in [3.05, 3.63) is 58.6 Å². The molecule has 0 aliphatic carbocycles. The highest BCUT2D eigenvalue weighted by atomic mass is 35.5. The Hall–Kier alpha value is -2.79. The van der Waals surface area contributed by atoms with Gasteiger partial charge in [-0.25, -0.2) is 0 Å². The standard InChI is InChI=1S/C19H17ClN2O3/c1-12-15(19(23)22(21-12)14-7-5-4-6-8-14)9-13-10-17(24-2)18(25-3)11-16(13)20/h4-11H,1-3H3. The van der Waals surface area contributed by atoms with Crippen molar-refractivity contribution in [3.63, 3.8) is 0 Å². The molecular weight excluding hydrogens is 340 g/mol. The van der Waals surface area contributed by atoms with E-state index in [1.165, 1.54) is 5.01 Å². The van der Waals surface area contributed by atoms with Crippen molar-refractivity contribution in [2.45, 2.75) is 6.92 Å². The molecule has 0 radical (unpaired) electrons. The van der Waals surface area contributed by atoms with Crippen LogP contribution in [0.3, 0.4) is 0 Å². The predicted molar refractivity (Wildman–Crippen MR) is 99.6 cm³/mol. The maximum absolute atomic E-state index is 12.8. The molecule has 2 aromatic rings. The van der Waals surface area contributed by atoms with Gasteiger partial charge in [-0.15, -0.1) is 0 Å². The number of anilines is 1. The first-order valence-electron chi connectivity index (χ1n) is 7.63. The molecule has 0 N–H and O–H groups in total. The van der Waals surface area contributed by atoms with Crippen LogP contribution in [0.2, 0.25) is 5.02 Å². The maximum Gasteiger partial charge on any atom is 0.280 e. The van der Waals surface area contributed by atoms with Crippen LogP contribution in [0.1, 0.15) is 12.5 Å². The average molecular weight is 357 g/mol. The van der Waals surface area contributed by atoms with Gasteiger partial charge in [0.1, 0.15) is 0 Å². The number of hydrogen-bond donors (Lipinski definition) is 0. The van der Waals surface area contributed by atoms with E-state index in [0.717, 1.165) is 0 Å². The third-order valence-corrected chi connectivity index (χ3v) is 4.19. The van der Waals surface area contributed by atoms with E-state index in [1.54, 1.807) is 39.4 Å². The molecular formula is C19H17ClN2O3. The van der Waals surface area contributed by atoms with Gasteiger partial charge in [0.25, 0.3) is 5.91 Å². The number of methoxy groups -OCH3 is 2. The van der Waals surface area contributed by atoms with E-state index in [1.807, 2.05) is 30.3 Å². The molecule has 6 heteroatoms. The number of benzene rings is 2. The molecule has 1 aliphatic heterocycles. The van der Waals surface area contributed by atoms with Crippen LogP contribution in [0.4, 0.5) is 5.69 Å². The van der Waals surface area contributed by atoms with Crippen LogP contribution in [0, 0.1) is 0 Å². The molecule has 0 unspecified atom stereocenters. The summed E-state index contributed by atoms with van der Waals surface area (Å²) < 4.78 is 10.5. The monoisotopic (exact) mass is 356 g/mol. The molecule has 1 heterocycles. The van der Waals surface area contributed by atoms with Crippen LogP contribution in [0.25, 0.3) is 6.08 Å². The Morgan fingerprint density at radius 3 is 2.36 bits per heavy atom. The number of hydrazone groups is 1. The zero-order chi connectivity index (χ0) is 18.0. The molecule has 0 spiro atoms. The summed E-state index contributed by atoms with van der Waals surface area (Å²) in [6.07, 6.45) is 1.72. The van der Waals surface area contributed by atoms with Gasteiger partial charge in [-0.1, -0.05) is 29.8 Å². The molecule has 0 fully saturated rings. The molecule has 2 aromatic carbocycles. The first-order chi connectivity index (χ1) is 12.0. The van der Waals surface area contributed by atoms with Gasteiger partial charge < -0.3 is 9.47 Å². The Balaban J connectivity index is 2.00. The summed E-state index contributed by atoms with van der Waals surface area (Å²) in [6, 6.07) is 12.7. The molecule has 5 nitrogen and oxygen atoms in total. The highest BCUT2D eigenvalue weighted by molar-refractivity contribution is 6.35. The smallest absolute Gasteiger partial charge is 0.280 e. The Labute approximate surface area is 151 Å². The number of carbonyl (C=O) groups excluding carboxylic acids is 1. The van der Waals surface area contributed by atoms with Gasteiger partial charge in [-0.2, -0.15) is 10.1 Å². The van der Waals surface area contributed by atoms with Crippen LogP contribution in [0.15, 0.2) is 53.1 Å². The SMILES string of the molecule is COc1cc(Cl)c(C=C2C(=O)N(c3ccccc3)N=C2C)cc1OC. The van der Waals surface area contributed by atoms with Crippen molar-refractivity contribution in [2.24, 2.45) is 5.10 Å². The Bertz CT molecular complexity index is 876. The summed E-state index contributed by atoms with van der Waals surface area (Å²) in [6.45, 7) is 1.79. The highest BCUT2D eigenvalue weighted by Crippen LogP contribution is 2.35. The molecule has 0 saturated carbocycles. The maximum atomic E-state index is 12.8. The molecule has 0 bridgehead atoms. The number of halogens is 1. The van der Waals surface area contributed by atoms with E-state index in [0.29, 0.717) is 39.1 Å². The Kier molecular flexibility index (Phi) is 4.76. The number of rotatable bonds is 4. The van der Waals surface area contributed by atoms with Crippen molar-refractivity contribution in [1.29, 1.82) is 0 Å². The lowest BCUT2D eigenvalue weighted by Crippen LogP contribution is -2.21. The molecule has 25 heavy (non-hydrogen) atoms. The lowest BCUT2D eigenvalue weighted by Gasteiger charge is -2.12. The second-order valence-electron chi connectivity index (χ2n) is 5.42. The summed E-state index contributed by atoms with van der Waals surface area (Å²) in [4.78, 5) is 12.8. The molecule has 0 aromatic heterocycles. The van der Waals surface area contributed by atoms with Crippen LogP contribution in [-0.2, 0) is 4.79 Å². The van der Waals surface area contributed by atoms with Gasteiger partial charge >= 0.3 is 0 Å². The lowest BCUT2D eigenvalue weighted by atomic mass is 10.1. The molecule has 128 valence electrons. The largest absolute Gasteiger partial charge is 0.493 e. The van der Waals surface area contributed by atoms with Crippen LogP contribution in [-0.4, -0.2) is 25.8 Å². The van der Waals surface area contributed by atoms with E-state index in [9.17, 15) is 4.79 Å². The lowest BCUT2D eigenvalue weighted by molar-refractivity contribution is -0.114. The van der Waals surface area contributed by atoms with Crippen molar-refractivity contribution in [2.75, 3.05) is 19.2 Å². The molecule has 1 aliphatic rings. The summed E-state index contributed by atoms with van der Waals surface area (Å²) in [7, 11) is 3.09. The average Bonchev–Trinajstić information content (AvgIpc) is 2.91. The van der Waals surface area contributed by atoms with Crippen molar-refractivity contribution < 1.29 is 14.3 Å². The van der Waals surface area contributed by atoms with E-state index in [4.69, 9.17) is 21.1 Å². The number of ether oxygens (including phenoxy) is 2. The van der Waals surface area contributed by atoms with Gasteiger partial charge in [0.15, 0.2) is 11.5 Å².